The molecule has 0 bridgehead atoms. The predicted octanol–water partition coefficient (Wildman–Crippen LogP) is 3.69. The summed E-state index contributed by atoms with van der Waals surface area (Å²) >= 11 is 0. The van der Waals surface area contributed by atoms with Gasteiger partial charge in [-0.1, -0.05) is 18.2 Å². The van der Waals surface area contributed by atoms with Gasteiger partial charge in [0.05, 0.1) is 11.9 Å². The van der Waals surface area contributed by atoms with Crippen molar-refractivity contribution in [1.29, 1.82) is 0 Å². The van der Waals surface area contributed by atoms with Crippen LogP contribution in [0.5, 0.6) is 0 Å². The van der Waals surface area contributed by atoms with E-state index in [9.17, 15) is 13.2 Å². The molecule has 0 spiro atoms. The molecule has 0 aliphatic rings. The molecule has 3 rings (SSSR count). The maximum absolute atomic E-state index is 12.6. The Morgan fingerprint density at radius 2 is 1.50 bits per heavy atom. The standard InChI is InChI=1S/C23H25N3O3S/c1-17-12-18(2)14-22(13-17)26(30(3,28)29)16-23(27)25-21-6-4-19(5-7-21)15-20-8-10-24-11-9-20/h4-14H,15-16H2,1-3H3,(H,25,27). The smallest absolute Gasteiger partial charge is 0.245 e. The van der Waals surface area contributed by atoms with Crippen LogP contribution in [0.25, 0.3) is 0 Å². The Morgan fingerprint density at radius 3 is 2.07 bits per heavy atom. The number of aryl methyl sites for hydroxylation is 2. The van der Waals surface area contributed by atoms with Crippen molar-refractivity contribution in [3.05, 3.63) is 89.2 Å². The molecule has 1 amide bonds. The molecule has 0 saturated carbocycles. The first-order valence-corrected chi connectivity index (χ1v) is 11.4. The molecule has 156 valence electrons. The first kappa shape index (κ1) is 21.5. The Kier molecular flexibility index (Phi) is 6.52. The van der Waals surface area contributed by atoms with Crippen LogP contribution in [0.4, 0.5) is 11.4 Å². The van der Waals surface area contributed by atoms with Crippen molar-refractivity contribution in [3.63, 3.8) is 0 Å². The van der Waals surface area contributed by atoms with Gasteiger partial charge in [0.25, 0.3) is 0 Å². The third-order valence-electron chi connectivity index (χ3n) is 4.58. The minimum Gasteiger partial charge on any atom is -0.325 e. The lowest BCUT2D eigenvalue weighted by atomic mass is 10.1. The van der Waals surface area contributed by atoms with E-state index in [1.165, 1.54) is 0 Å². The monoisotopic (exact) mass is 423 g/mol. The number of nitrogens with zero attached hydrogens (tertiary/aromatic N) is 2. The van der Waals surface area contributed by atoms with Crippen LogP contribution >= 0.6 is 0 Å². The molecular formula is C23H25N3O3S. The summed E-state index contributed by atoms with van der Waals surface area (Å²) in [5.41, 5.74) is 5.23. The zero-order valence-corrected chi connectivity index (χ0v) is 18.1. The Balaban J connectivity index is 1.69. The number of nitrogens with one attached hydrogen (secondary N) is 1. The van der Waals surface area contributed by atoms with Gasteiger partial charge < -0.3 is 5.32 Å². The summed E-state index contributed by atoms with van der Waals surface area (Å²) < 4.78 is 25.7. The molecular weight excluding hydrogens is 398 g/mol. The van der Waals surface area contributed by atoms with Crippen LogP contribution in [0.1, 0.15) is 22.3 Å². The summed E-state index contributed by atoms with van der Waals surface area (Å²) in [5, 5.41) is 2.78. The minimum absolute atomic E-state index is 0.291. The second-order valence-corrected chi connectivity index (χ2v) is 9.30. The van der Waals surface area contributed by atoms with E-state index in [0.29, 0.717) is 11.4 Å². The lowest BCUT2D eigenvalue weighted by molar-refractivity contribution is -0.114. The third-order valence-corrected chi connectivity index (χ3v) is 5.72. The number of aromatic nitrogens is 1. The zero-order chi connectivity index (χ0) is 21.7. The summed E-state index contributed by atoms with van der Waals surface area (Å²) in [6.07, 6.45) is 5.39. The first-order chi connectivity index (χ1) is 14.2. The van der Waals surface area contributed by atoms with Crippen LogP contribution in [0.2, 0.25) is 0 Å². The highest BCUT2D eigenvalue weighted by Crippen LogP contribution is 2.21. The molecule has 0 unspecified atom stereocenters. The molecule has 30 heavy (non-hydrogen) atoms. The summed E-state index contributed by atoms with van der Waals surface area (Å²) in [5.74, 6) is -0.401. The quantitative estimate of drug-likeness (QED) is 0.629. The van der Waals surface area contributed by atoms with Gasteiger partial charge in [0.15, 0.2) is 0 Å². The fourth-order valence-corrected chi connectivity index (χ4v) is 4.11. The van der Waals surface area contributed by atoms with E-state index in [-0.39, 0.29) is 6.54 Å². The maximum Gasteiger partial charge on any atom is 0.245 e. The minimum atomic E-state index is -3.61. The highest BCUT2D eigenvalue weighted by Gasteiger charge is 2.21. The van der Waals surface area contributed by atoms with Gasteiger partial charge in [-0.05, 0) is 78.9 Å². The van der Waals surface area contributed by atoms with E-state index < -0.39 is 15.9 Å². The molecule has 0 fully saturated rings. The second kappa shape index (κ2) is 9.09. The molecule has 3 aromatic rings. The fraction of sp³-hybridized carbons (Fsp3) is 0.217. The molecule has 0 aliphatic carbocycles. The Labute approximate surface area is 177 Å². The molecule has 0 saturated heterocycles. The third kappa shape index (κ3) is 5.90. The molecule has 0 radical (unpaired) electrons. The van der Waals surface area contributed by atoms with Crippen molar-refractivity contribution in [2.24, 2.45) is 0 Å². The molecule has 1 heterocycles. The largest absolute Gasteiger partial charge is 0.325 e. The van der Waals surface area contributed by atoms with Crippen LogP contribution in [-0.4, -0.2) is 32.1 Å². The van der Waals surface area contributed by atoms with Crippen molar-refractivity contribution < 1.29 is 13.2 Å². The van der Waals surface area contributed by atoms with E-state index in [1.54, 1.807) is 24.5 Å². The van der Waals surface area contributed by atoms with Crippen LogP contribution in [-0.2, 0) is 21.2 Å². The SMILES string of the molecule is Cc1cc(C)cc(N(CC(=O)Nc2ccc(Cc3ccncc3)cc2)S(C)(=O)=O)c1. The summed E-state index contributed by atoms with van der Waals surface area (Å²) in [7, 11) is -3.61. The molecule has 2 aromatic carbocycles. The Morgan fingerprint density at radius 1 is 0.933 bits per heavy atom. The van der Waals surface area contributed by atoms with E-state index in [4.69, 9.17) is 0 Å². The average molecular weight is 424 g/mol. The topological polar surface area (TPSA) is 79.4 Å². The highest BCUT2D eigenvalue weighted by atomic mass is 32.2. The van der Waals surface area contributed by atoms with Gasteiger partial charge in [0.2, 0.25) is 15.9 Å². The highest BCUT2D eigenvalue weighted by molar-refractivity contribution is 7.92. The number of carbonyl (C=O) groups is 1. The average Bonchev–Trinajstić information content (AvgIpc) is 2.67. The lowest BCUT2D eigenvalue weighted by Gasteiger charge is -2.23. The molecule has 1 aromatic heterocycles. The number of anilines is 2. The Bertz CT molecular complexity index is 1110. The van der Waals surface area contributed by atoms with Crippen LogP contribution in [0.15, 0.2) is 67.0 Å². The van der Waals surface area contributed by atoms with Gasteiger partial charge >= 0.3 is 0 Å². The van der Waals surface area contributed by atoms with Gasteiger partial charge in [0.1, 0.15) is 6.54 Å². The summed E-state index contributed by atoms with van der Waals surface area (Å²) in [6, 6.07) is 16.9. The fourth-order valence-electron chi connectivity index (χ4n) is 3.27. The molecule has 0 aliphatic heterocycles. The van der Waals surface area contributed by atoms with Gasteiger partial charge in [-0.25, -0.2) is 8.42 Å². The van der Waals surface area contributed by atoms with Crippen molar-refractivity contribution in [2.75, 3.05) is 22.4 Å². The molecule has 0 atom stereocenters. The van der Waals surface area contributed by atoms with Crippen molar-refractivity contribution in [3.8, 4) is 0 Å². The van der Waals surface area contributed by atoms with E-state index in [1.807, 2.05) is 56.3 Å². The number of sulfonamides is 1. The summed E-state index contributed by atoms with van der Waals surface area (Å²) in [4.78, 5) is 16.6. The van der Waals surface area contributed by atoms with Crippen LogP contribution < -0.4 is 9.62 Å². The Hall–Kier alpha value is -3.19. The van der Waals surface area contributed by atoms with Gasteiger partial charge in [-0.2, -0.15) is 0 Å². The van der Waals surface area contributed by atoms with Crippen molar-refractivity contribution in [1.82, 2.24) is 4.98 Å². The number of hydrogen-bond acceptors (Lipinski definition) is 4. The zero-order valence-electron chi connectivity index (χ0n) is 17.3. The van der Waals surface area contributed by atoms with E-state index in [0.717, 1.165) is 39.2 Å². The van der Waals surface area contributed by atoms with Gasteiger partial charge in [-0.3, -0.25) is 14.1 Å². The van der Waals surface area contributed by atoms with E-state index >= 15 is 0 Å². The van der Waals surface area contributed by atoms with Crippen molar-refractivity contribution in [2.45, 2.75) is 20.3 Å². The van der Waals surface area contributed by atoms with E-state index in [2.05, 4.69) is 10.3 Å². The number of rotatable bonds is 7. The molecule has 1 N–H and O–H groups in total. The van der Waals surface area contributed by atoms with Crippen LogP contribution in [0.3, 0.4) is 0 Å². The number of amides is 1. The molecule has 7 heteroatoms. The van der Waals surface area contributed by atoms with Gasteiger partial charge in [-0.15, -0.1) is 0 Å². The van der Waals surface area contributed by atoms with Crippen molar-refractivity contribution >= 4 is 27.3 Å². The number of carbonyl (C=O) groups excluding carboxylic acids is 1. The number of benzene rings is 2. The second-order valence-electron chi connectivity index (χ2n) is 7.39. The predicted molar refractivity (Wildman–Crippen MR) is 120 cm³/mol. The van der Waals surface area contributed by atoms with Crippen LogP contribution in [0, 0.1) is 13.8 Å². The molecule has 6 nitrogen and oxygen atoms in total. The maximum atomic E-state index is 12.6. The van der Waals surface area contributed by atoms with Gasteiger partial charge in [0, 0.05) is 18.1 Å². The number of pyridine rings is 1. The number of hydrogen-bond donors (Lipinski definition) is 1. The first-order valence-electron chi connectivity index (χ1n) is 9.54. The normalized spacial score (nSPS) is 11.2. The summed E-state index contributed by atoms with van der Waals surface area (Å²) in [6.45, 7) is 3.50. The lowest BCUT2D eigenvalue weighted by Crippen LogP contribution is -2.37.